The second-order valence-corrected chi connectivity index (χ2v) is 7.63. The molecule has 1 aromatic heterocycles. The van der Waals surface area contributed by atoms with E-state index in [0.717, 1.165) is 24.3 Å². The molecule has 0 bridgehead atoms. The van der Waals surface area contributed by atoms with Crippen molar-refractivity contribution in [2.24, 2.45) is 7.05 Å². The van der Waals surface area contributed by atoms with Gasteiger partial charge in [0.2, 0.25) is 0 Å². The summed E-state index contributed by atoms with van der Waals surface area (Å²) in [4.78, 5) is 15.4. The number of fused-ring (bicyclic) bond motifs is 1. The number of para-hydroxylation sites is 1. The second kappa shape index (κ2) is 6.98. The van der Waals surface area contributed by atoms with Gasteiger partial charge in [-0.05, 0) is 50.2 Å². The Morgan fingerprint density at radius 1 is 1.11 bits per heavy atom. The van der Waals surface area contributed by atoms with Crippen molar-refractivity contribution < 1.29 is 9.42 Å². The van der Waals surface area contributed by atoms with Gasteiger partial charge in [0.15, 0.2) is 7.05 Å². The van der Waals surface area contributed by atoms with E-state index in [1.165, 1.54) is 0 Å². The van der Waals surface area contributed by atoms with Crippen LogP contribution in [0.1, 0.15) is 13.8 Å². The minimum Gasteiger partial charge on any atom is -0.372 e. The lowest BCUT2D eigenvalue weighted by molar-refractivity contribution is -0.718. The van der Waals surface area contributed by atoms with Gasteiger partial charge in [0.05, 0.1) is 28.2 Å². The summed E-state index contributed by atoms with van der Waals surface area (Å²) in [6.07, 6.45) is 0.415. The Morgan fingerprint density at radius 3 is 2.44 bits per heavy atom. The zero-order valence-corrected chi connectivity index (χ0v) is 16.5. The number of anilines is 1. The lowest BCUT2D eigenvalue weighted by Crippen LogP contribution is -2.45. The van der Waals surface area contributed by atoms with Crippen LogP contribution in [0.25, 0.3) is 22.2 Å². The fraction of sp³-hybridized carbons (Fsp3) is 0.333. The second-order valence-electron chi connectivity index (χ2n) is 7.22. The number of ether oxygens (including phenoxy) is 1. The molecule has 2 aromatic carbocycles. The Balaban J connectivity index is 1.73. The van der Waals surface area contributed by atoms with Gasteiger partial charge in [-0.2, -0.15) is 5.10 Å². The molecule has 27 heavy (non-hydrogen) atoms. The fourth-order valence-electron chi connectivity index (χ4n) is 3.87. The van der Waals surface area contributed by atoms with Crippen LogP contribution in [-0.2, 0) is 11.8 Å². The molecule has 0 amide bonds. The molecule has 0 radical (unpaired) electrons. The topological polar surface area (TPSA) is 49.2 Å². The molecule has 2 atom stereocenters. The summed E-state index contributed by atoms with van der Waals surface area (Å²) in [5.74, 6) is 0. The minimum absolute atomic E-state index is 0.0323. The van der Waals surface area contributed by atoms with Gasteiger partial charge in [-0.25, -0.2) is 0 Å². The molecule has 1 fully saturated rings. The van der Waals surface area contributed by atoms with Crippen molar-refractivity contribution in [3.63, 3.8) is 0 Å². The summed E-state index contributed by atoms with van der Waals surface area (Å²) in [7, 11) is 1.83. The first kappa shape index (κ1) is 18.0. The Kier molecular flexibility index (Phi) is 4.66. The maximum Gasteiger partial charge on any atom is 0.284 e. The average molecular weight is 385 g/mol. The van der Waals surface area contributed by atoms with Crippen molar-refractivity contribution in [3.8, 4) is 11.3 Å². The summed E-state index contributed by atoms with van der Waals surface area (Å²) < 4.78 is 7.55. The molecule has 4 rings (SSSR count). The van der Waals surface area contributed by atoms with E-state index in [0.29, 0.717) is 21.6 Å². The number of rotatable bonds is 2. The molecule has 5 nitrogen and oxygen atoms in total. The van der Waals surface area contributed by atoms with E-state index in [2.05, 4.69) is 36.0 Å². The van der Waals surface area contributed by atoms with Gasteiger partial charge >= 0.3 is 0 Å². The maximum atomic E-state index is 13.0. The summed E-state index contributed by atoms with van der Waals surface area (Å²) in [6.45, 7) is 5.92. The van der Waals surface area contributed by atoms with Crippen molar-refractivity contribution in [2.45, 2.75) is 26.1 Å². The van der Waals surface area contributed by atoms with Crippen molar-refractivity contribution in [3.05, 3.63) is 57.7 Å². The van der Waals surface area contributed by atoms with Gasteiger partial charge in [0, 0.05) is 18.8 Å². The smallest absolute Gasteiger partial charge is 0.284 e. The third-order valence-corrected chi connectivity index (χ3v) is 5.33. The molecule has 1 saturated heterocycles. The number of hydrogen-bond acceptors (Lipinski definition) is 3. The normalized spacial score (nSPS) is 20.2. The molecule has 6 heteroatoms. The van der Waals surface area contributed by atoms with E-state index in [9.17, 15) is 4.79 Å². The fourth-order valence-corrected chi connectivity index (χ4v) is 4.09. The van der Waals surface area contributed by atoms with Gasteiger partial charge in [-0.15, -0.1) is 4.68 Å². The van der Waals surface area contributed by atoms with Crippen LogP contribution in [0.3, 0.4) is 0 Å². The van der Waals surface area contributed by atoms with E-state index in [1.807, 2.05) is 19.2 Å². The van der Waals surface area contributed by atoms with Crippen molar-refractivity contribution in [1.82, 2.24) is 5.10 Å². The Labute approximate surface area is 163 Å². The SMILES string of the molecule is C[C@@H]1CN(c2ccc(-c3c(=O)c4cccc(Cl)c4[nH][n+]3C)cc2)C[C@H](C)O1. The van der Waals surface area contributed by atoms with Gasteiger partial charge in [0.25, 0.3) is 11.1 Å². The van der Waals surface area contributed by atoms with Crippen LogP contribution in [0.4, 0.5) is 5.69 Å². The minimum atomic E-state index is -0.0323. The molecule has 140 valence electrons. The van der Waals surface area contributed by atoms with Gasteiger partial charge in [-0.3, -0.25) is 4.79 Å². The number of H-pyrrole nitrogens is 1. The number of aromatic amines is 1. The van der Waals surface area contributed by atoms with Crippen molar-refractivity contribution in [1.29, 1.82) is 0 Å². The molecule has 0 spiro atoms. The standard InChI is InChI=1S/C21H22ClN3O2/c1-13-11-25(12-14(2)27-13)16-9-7-15(8-10-16)20-21(26)17-5-4-6-18(22)19(17)23-24(20)3/h4-10,13-14H,11-12H2,1-3H3/p+1/t13-,14+. The predicted octanol–water partition coefficient (Wildman–Crippen LogP) is 3.29. The van der Waals surface area contributed by atoms with Gasteiger partial charge < -0.3 is 9.64 Å². The largest absolute Gasteiger partial charge is 0.372 e. The molecule has 0 saturated carbocycles. The number of hydrogen-bond donors (Lipinski definition) is 1. The number of nitrogens with one attached hydrogen (secondary N) is 1. The first-order valence-corrected chi connectivity index (χ1v) is 9.53. The molecule has 1 aliphatic rings. The summed E-state index contributed by atoms with van der Waals surface area (Å²) in [6, 6.07) is 13.5. The molecule has 2 heterocycles. The monoisotopic (exact) mass is 384 g/mol. The first-order valence-electron chi connectivity index (χ1n) is 9.15. The Bertz CT molecular complexity index is 1040. The number of morpholine rings is 1. The number of nitrogens with zero attached hydrogens (tertiary/aromatic N) is 2. The third-order valence-electron chi connectivity index (χ3n) is 5.01. The highest BCUT2D eigenvalue weighted by molar-refractivity contribution is 6.34. The molecule has 1 aliphatic heterocycles. The zero-order valence-electron chi connectivity index (χ0n) is 15.7. The first-order chi connectivity index (χ1) is 12.9. The lowest BCUT2D eigenvalue weighted by Gasteiger charge is -2.36. The van der Waals surface area contributed by atoms with Crippen molar-refractivity contribution in [2.75, 3.05) is 18.0 Å². The van der Waals surface area contributed by atoms with Crippen LogP contribution < -0.4 is 15.0 Å². The zero-order chi connectivity index (χ0) is 19.1. The molecule has 3 aromatic rings. The molecule has 1 N–H and O–H groups in total. The quantitative estimate of drug-likeness (QED) is 0.690. The Morgan fingerprint density at radius 2 is 1.78 bits per heavy atom. The lowest BCUT2D eigenvalue weighted by atomic mass is 10.1. The highest BCUT2D eigenvalue weighted by Gasteiger charge is 2.24. The molecule has 0 aliphatic carbocycles. The number of benzene rings is 2. The van der Waals surface area contributed by atoms with Crippen LogP contribution in [0.15, 0.2) is 47.3 Å². The van der Waals surface area contributed by atoms with Crippen LogP contribution >= 0.6 is 11.6 Å². The van der Waals surface area contributed by atoms with Crippen LogP contribution in [0, 0.1) is 0 Å². The van der Waals surface area contributed by atoms with E-state index in [1.54, 1.807) is 22.9 Å². The highest BCUT2D eigenvalue weighted by Crippen LogP contribution is 2.24. The summed E-state index contributed by atoms with van der Waals surface area (Å²) in [5.41, 5.74) is 3.25. The molecular formula is C21H23ClN3O2+. The third kappa shape index (κ3) is 3.33. The number of aromatic nitrogens is 2. The predicted molar refractivity (Wildman–Crippen MR) is 108 cm³/mol. The number of aryl methyl sites for hydroxylation is 1. The highest BCUT2D eigenvalue weighted by atomic mass is 35.5. The van der Waals surface area contributed by atoms with Gasteiger partial charge in [-0.1, -0.05) is 17.7 Å². The van der Waals surface area contributed by atoms with E-state index in [-0.39, 0.29) is 17.6 Å². The maximum absolute atomic E-state index is 13.0. The number of halogens is 1. The van der Waals surface area contributed by atoms with Crippen LogP contribution in [0.2, 0.25) is 5.02 Å². The van der Waals surface area contributed by atoms with E-state index >= 15 is 0 Å². The van der Waals surface area contributed by atoms with Crippen LogP contribution in [-0.4, -0.2) is 30.4 Å². The van der Waals surface area contributed by atoms with Crippen LogP contribution in [0.5, 0.6) is 0 Å². The van der Waals surface area contributed by atoms with E-state index in [4.69, 9.17) is 16.3 Å². The summed E-state index contributed by atoms with van der Waals surface area (Å²) >= 11 is 6.23. The molecule has 0 unspecified atom stereocenters. The summed E-state index contributed by atoms with van der Waals surface area (Å²) in [5, 5.41) is 4.35. The Hall–Kier alpha value is -2.37. The van der Waals surface area contributed by atoms with E-state index < -0.39 is 0 Å². The van der Waals surface area contributed by atoms with Crippen molar-refractivity contribution >= 4 is 28.2 Å². The van der Waals surface area contributed by atoms with Gasteiger partial charge in [0.1, 0.15) is 5.52 Å². The average Bonchev–Trinajstić information content (AvgIpc) is 2.62. The molecular weight excluding hydrogens is 362 g/mol.